The number of carboxylic acid groups (broad SMARTS) is 1. The molecule has 1 aromatic rings. The van der Waals surface area contributed by atoms with Gasteiger partial charge in [0.25, 0.3) is 0 Å². The number of carboxylic acids is 1. The summed E-state index contributed by atoms with van der Waals surface area (Å²) in [4.78, 5) is 13.5. The van der Waals surface area contributed by atoms with Gasteiger partial charge in [-0.2, -0.15) is 0 Å². The standard InChI is InChI=1S/C16H23NO3/c1-3-17(14-6-4-5-7-14)11-13-10-12(16(18)19)8-9-15(13)20-2/h8-10,14H,3-7,11H2,1-2H3,(H,18,19). The number of rotatable bonds is 6. The molecule has 1 N–H and O–H groups in total. The quantitative estimate of drug-likeness (QED) is 0.867. The molecule has 1 fully saturated rings. The molecule has 0 saturated heterocycles. The van der Waals surface area contributed by atoms with Crippen molar-refractivity contribution in [2.45, 2.75) is 45.2 Å². The maximum atomic E-state index is 11.1. The fraction of sp³-hybridized carbons (Fsp3) is 0.562. The van der Waals surface area contributed by atoms with E-state index in [4.69, 9.17) is 9.84 Å². The van der Waals surface area contributed by atoms with Crippen molar-refractivity contribution in [2.24, 2.45) is 0 Å². The highest BCUT2D eigenvalue weighted by atomic mass is 16.5. The van der Waals surface area contributed by atoms with E-state index in [1.807, 2.05) is 0 Å². The van der Waals surface area contributed by atoms with E-state index in [9.17, 15) is 4.79 Å². The fourth-order valence-electron chi connectivity index (χ4n) is 3.02. The maximum absolute atomic E-state index is 11.1. The van der Waals surface area contributed by atoms with E-state index in [1.165, 1.54) is 25.7 Å². The summed E-state index contributed by atoms with van der Waals surface area (Å²) in [7, 11) is 1.63. The van der Waals surface area contributed by atoms with E-state index in [2.05, 4.69) is 11.8 Å². The Morgan fingerprint density at radius 3 is 2.65 bits per heavy atom. The number of benzene rings is 1. The van der Waals surface area contributed by atoms with Gasteiger partial charge in [0.2, 0.25) is 0 Å². The van der Waals surface area contributed by atoms with E-state index < -0.39 is 5.97 Å². The van der Waals surface area contributed by atoms with Gasteiger partial charge in [-0.25, -0.2) is 4.79 Å². The fourth-order valence-corrected chi connectivity index (χ4v) is 3.02. The Hall–Kier alpha value is -1.55. The second-order valence-electron chi connectivity index (χ2n) is 5.33. The average Bonchev–Trinajstić information content (AvgIpc) is 2.98. The predicted molar refractivity (Wildman–Crippen MR) is 78.3 cm³/mol. The monoisotopic (exact) mass is 277 g/mol. The molecule has 4 nitrogen and oxygen atoms in total. The first-order valence-corrected chi connectivity index (χ1v) is 7.30. The summed E-state index contributed by atoms with van der Waals surface area (Å²) in [5.41, 5.74) is 1.28. The van der Waals surface area contributed by atoms with Gasteiger partial charge in [0.15, 0.2) is 0 Å². The molecule has 0 heterocycles. The van der Waals surface area contributed by atoms with Gasteiger partial charge < -0.3 is 9.84 Å². The summed E-state index contributed by atoms with van der Waals surface area (Å²) in [5.74, 6) is -0.121. The van der Waals surface area contributed by atoms with Gasteiger partial charge in [0, 0.05) is 18.2 Å². The number of hydrogen-bond acceptors (Lipinski definition) is 3. The molecule has 110 valence electrons. The summed E-state index contributed by atoms with van der Waals surface area (Å²) in [6.07, 6.45) is 5.09. The first-order chi connectivity index (χ1) is 9.65. The lowest BCUT2D eigenvalue weighted by Gasteiger charge is -2.28. The minimum absolute atomic E-state index is 0.322. The molecule has 0 bridgehead atoms. The molecule has 1 aromatic carbocycles. The second kappa shape index (κ2) is 6.75. The van der Waals surface area contributed by atoms with Gasteiger partial charge in [0.1, 0.15) is 5.75 Å². The highest BCUT2D eigenvalue weighted by molar-refractivity contribution is 5.88. The first kappa shape index (κ1) is 14.9. The number of aromatic carboxylic acids is 1. The zero-order valence-electron chi connectivity index (χ0n) is 12.3. The van der Waals surface area contributed by atoms with Crippen molar-refractivity contribution < 1.29 is 14.6 Å². The van der Waals surface area contributed by atoms with E-state index in [0.717, 1.165) is 24.4 Å². The SMILES string of the molecule is CCN(Cc1cc(C(=O)O)ccc1OC)C1CCCC1. The van der Waals surface area contributed by atoms with E-state index >= 15 is 0 Å². The van der Waals surface area contributed by atoms with Crippen LogP contribution in [-0.2, 0) is 6.54 Å². The van der Waals surface area contributed by atoms with Crippen LogP contribution in [0.5, 0.6) is 5.75 Å². The van der Waals surface area contributed by atoms with Crippen LogP contribution in [0.25, 0.3) is 0 Å². The minimum atomic E-state index is -0.891. The Balaban J connectivity index is 2.20. The number of nitrogens with zero attached hydrogens (tertiary/aromatic N) is 1. The van der Waals surface area contributed by atoms with E-state index in [1.54, 1.807) is 25.3 Å². The Morgan fingerprint density at radius 2 is 2.10 bits per heavy atom. The van der Waals surface area contributed by atoms with Crippen LogP contribution < -0.4 is 4.74 Å². The zero-order chi connectivity index (χ0) is 14.5. The molecule has 20 heavy (non-hydrogen) atoms. The molecule has 0 aromatic heterocycles. The molecular weight excluding hydrogens is 254 g/mol. The number of ether oxygens (including phenoxy) is 1. The molecule has 0 amide bonds. The van der Waals surface area contributed by atoms with Crippen LogP contribution in [0.3, 0.4) is 0 Å². The zero-order valence-corrected chi connectivity index (χ0v) is 12.3. The number of methoxy groups -OCH3 is 1. The molecular formula is C16H23NO3. The van der Waals surface area contributed by atoms with Crippen LogP contribution in [0.4, 0.5) is 0 Å². The van der Waals surface area contributed by atoms with Crippen molar-refractivity contribution in [1.82, 2.24) is 4.90 Å². The summed E-state index contributed by atoms with van der Waals surface area (Å²) in [5, 5.41) is 9.12. The lowest BCUT2D eigenvalue weighted by molar-refractivity contribution is 0.0696. The van der Waals surface area contributed by atoms with Gasteiger partial charge in [-0.05, 0) is 37.6 Å². The third kappa shape index (κ3) is 3.31. The Morgan fingerprint density at radius 1 is 1.40 bits per heavy atom. The lowest BCUT2D eigenvalue weighted by Crippen LogP contribution is -2.32. The van der Waals surface area contributed by atoms with Crippen molar-refractivity contribution in [3.8, 4) is 5.75 Å². The van der Waals surface area contributed by atoms with E-state index in [-0.39, 0.29) is 0 Å². The van der Waals surface area contributed by atoms with Crippen LogP contribution in [0, 0.1) is 0 Å². The summed E-state index contributed by atoms with van der Waals surface area (Å²) in [6, 6.07) is 5.70. The number of carbonyl (C=O) groups is 1. The average molecular weight is 277 g/mol. The maximum Gasteiger partial charge on any atom is 0.335 e. The van der Waals surface area contributed by atoms with Crippen molar-refractivity contribution in [1.29, 1.82) is 0 Å². The molecule has 0 spiro atoms. The van der Waals surface area contributed by atoms with Gasteiger partial charge >= 0.3 is 5.97 Å². The molecule has 1 saturated carbocycles. The molecule has 1 aliphatic rings. The van der Waals surface area contributed by atoms with Crippen LogP contribution in [0.2, 0.25) is 0 Å². The Kier molecular flexibility index (Phi) is 5.01. The Labute approximate surface area is 120 Å². The summed E-state index contributed by atoms with van der Waals surface area (Å²) in [6.45, 7) is 3.89. The third-order valence-corrected chi connectivity index (χ3v) is 4.15. The molecule has 4 heteroatoms. The molecule has 2 rings (SSSR count). The number of hydrogen-bond donors (Lipinski definition) is 1. The van der Waals surface area contributed by atoms with Crippen LogP contribution >= 0.6 is 0 Å². The summed E-state index contributed by atoms with van der Waals surface area (Å²) < 4.78 is 5.37. The molecule has 0 radical (unpaired) electrons. The molecule has 0 unspecified atom stereocenters. The largest absolute Gasteiger partial charge is 0.496 e. The van der Waals surface area contributed by atoms with Crippen LogP contribution in [0.15, 0.2) is 18.2 Å². The Bertz CT molecular complexity index is 467. The van der Waals surface area contributed by atoms with Crippen molar-refractivity contribution in [3.63, 3.8) is 0 Å². The van der Waals surface area contributed by atoms with Gasteiger partial charge in [-0.3, -0.25) is 4.90 Å². The van der Waals surface area contributed by atoms with E-state index in [0.29, 0.717) is 11.6 Å². The molecule has 0 atom stereocenters. The highest BCUT2D eigenvalue weighted by Crippen LogP contribution is 2.27. The van der Waals surface area contributed by atoms with Gasteiger partial charge in [0.05, 0.1) is 12.7 Å². The minimum Gasteiger partial charge on any atom is -0.496 e. The second-order valence-corrected chi connectivity index (χ2v) is 5.33. The van der Waals surface area contributed by atoms with Gasteiger partial charge in [-0.1, -0.05) is 19.8 Å². The van der Waals surface area contributed by atoms with Crippen LogP contribution in [0.1, 0.15) is 48.5 Å². The smallest absolute Gasteiger partial charge is 0.335 e. The predicted octanol–water partition coefficient (Wildman–Crippen LogP) is 3.16. The van der Waals surface area contributed by atoms with Crippen molar-refractivity contribution in [2.75, 3.05) is 13.7 Å². The highest BCUT2D eigenvalue weighted by Gasteiger charge is 2.22. The summed E-state index contributed by atoms with van der Waals surface area (Å²) >= 11 is 0. The first-order valence-electron chi connectivity index (χ1n) is 7.30. The molecule has 0 aliphatic heterocycles. The van der Waals surface area contributed by atoms with Crippen molar-refractivity contribution in [3.05, 3.63) is 29.3 Å². The molecule has 1 aliphatic carbocycles. The van der Waals surface area contributed by atoms with Crippen molar-refractivity contribution >= 4 is 5.97 Å². The lowest BCUT2D eigenvalue weighted by atomic mass is 10.1. The van der Waals surface area contributed by atoms with Gasteiger partial charge in [-0.15, -0.1) is 0 Å². The third-order valence-electron chi connectivity index (χ3n) is 4.15. The van der Waals surface area contributed by atoms with Crippen LogP contribution in [-0.4, -0.2) is 35.7 Å². The topological polar surface area (TPSA) is 49.8 Å². The normalized spacial score (nSPS) is 15.8.